The van der Waals surface area contributed by atoms with Gasteiger partial charge in [0, 0.05) is 25.2 Å². The van der Waals surface area contributed by atoms with Crippen molar-refractivity contribution < 1.29 is 14.6 Å². The molecule has 2 atom stereocenters. The smallest absolute Gasteiger partial charge is 0.311 e. The second kappa shape index (κ2) is 8.13. The van der Waals surface area contributed by atoms with Crippen LogP contribution in [0, 0.1) is 18.3 Å². The first-order valence-electron chi connectivity index (χ1n) is 12.0. The van der Waals surface area contributed by atoms with E-state index in [2.05, 4.69) is 41.4 Å². The number of rotatable bonds is 6. The highest BCUT2D eigenvalue weighted by molar-refractivity contribution is 5.81. The number of para-hydroxylation sites is 1. The number of fused-ring (bicyclic) bond motifs is 2. The molecule has 2 aliphatic heterocycles. The van der Waals surface area contributed by atoms with Crippen molar-refractivity contribution in [2.75, 3.05) is 24.5 Å². The molecule has 1 aliphatic carbocycles. The molecule has 0 spiro atoms. The molecule has 0 bridgehead atoms. The summed E-state index contributed by atoms with van der Waals surface area (Å²) in [6.07, 6.45) is 1.84. The number of nitrogens with zero attached hydrogens (tertiary/aromatic N) is 2. The van der Waals surface area contributed by atoms with Crippen molar-refractivity contribution in [2.45, 2.75) is 32.9 Å². The van der Waals surface area contributed by atoms with Crippen LogP contribution >= 0.6 is 0 Å². The third-order valence-electron chi connectivity index (χ3n) is 7.66. The van der Waals surface area contributed by atoms with E-state index in [0.29, 0.717) is 13.2 Å². The molecule has 34 heavy (non-hydrogen) atoms. The summed E-state index contributed by atoms with van der Waals surface area (Å²) in [6.45, 7) is 5.82. The number of nitrogens with one attached hydrogen (secondary N) is 1. The molecule has 1 unspecified atom stereocenters. The van der Waals surface area contributed by atoms with Crippen LogP contribution < -0.4 is 15.0 Å². The first-order valence-corrected chi connectivity index (χ1v) is 12.0. The summed E-state index contributed by atoms with van der Waals surface area (Å²) in [7, 11) is 0. The van der Waals surface area contributed by atoms with Crippen LogP contribution in [0.1, 0.15) is 28.7 Å². The van der Waals surface area contributed by atoms with Crippen molar-refractivity contribution >= 4 is 11.8 Å². The second-order valence-corrected chi connectivity index (χ2v) is 9.89. The Balaban J connectivity index is 1.25. The van der Waals surface area contributed by atoms with E-state index in [0.717, 1.165) is 60.9 Å². The molecular weight excluding hydrogens is 426 g/mol. The predicted octanol–water partition coefficient (Wildman–Crippen LogP) is 4.19. The molecule has 1 saturated heterocycles. The SMILES string of the molecule is Cc1cccc(-c2cccc(N3CC4C[C@]4(C(=O)O)C3)n2)c1OCc1ccc2c(c1)CCNC2. The van der Waals surface area contributed by atoms with Gasteiger partial charge >= 0.3 is 5.97 Å². The van der Waals surface area contributed by atoms with Gasteiger partial charge in [0.15, 0.2) is 0 Å². The molecule has 0 amide bonds. The summed E-state index contributed by atoms with van der Waals surface area (Å²) in [6, 6.07) is 18.7. The number of ether oxygens (including phenoxy) is 1. The average Bonchev–Trinajstić information content (AvgIpc) is 3.44. The van der Waals surface area contributed by atoms with Crippen molar-refractivity contribution in [1.29, 1.82) is 0 Å². The van der Waals surface area contributed by atoms with Gasteiger partial charge in [-0.15, -0.1) is 0 Å². The fourth-order valence-electron chi connectivity index (χ4n) is 5.56. The first-order chi connectivity index (χ1) is 16.5. The van der Waals surface area contributed by atoms with Gasteiger partial charge in [0.25, 0.3) is 0 Å². The highest BCUT2D eigenvalue weighted by Crippen LogP contribution is 2.58. The minimum atomic E-state index is -0.677. The number of piperidine rings is 1. The normalized spacial score (nSPS) is 22.7. The van der Waals surface area contributed by atoms with E-state index in [4.69, 9.17) is 9.72 Å². The van der Waals surface area contributed by atoms with Crippen LogP contribution in [-0.2, 0) is 24.4 Å². The number of carbonyl (C=O) groups is 1. The number of aliphatic carboxylic acids is 1. The van der Waals surface area contributed by atoms with Crippen molar-refractivity contribution in [3.8, 4) is 17.0 Å². The molecule has 3 aliphatic rings. The standard InChI is InChI=1S/C28H29N3O3/c1-18-4-2-5-23(26(18)34-16-19-8-9-21-14-29-11-10-20(21)12-19)24-6-3-7-25(30-24)31-15-22-13-28(22,17-31)27(32)33/h2-9,12,22,29H,10-11,13-17H2,1H3,(H,32,33)/t22?,28-/m0/s1. The topological polar surface area (TPSA) is 74.7 Å². The van der Waals surface area contributed by atoms with Gasteiger partial charge in [-0.3, -0.25) is 4.79 Å². The van der Waals surface area contributed by atoms with Crippen LogP contribution in [0.4, 0.5) is 5.82 Å². The minimum Gasteiger partial charge on any atom is -0.488 e. The van der Waals surface area contributed by atoms with E-state index in [9.17, 15) is 9.90 Å². The molecule has 1 saturated carbocycles. The number of aryl methyl sites for hydroxylation is 1. The lowest BCUT2D eigenvalue weighted by Gasteiger charge is -2.22. The Bertz CT molecular complexity index is 1270. The Morgan fingerprint density at radius 1 is 1.21 bits per heavy atom. The zero-order chi connectivity index (χ0) is 23.3. The highest BCUT2D eigenvalue weighted by atomic mass is 16.5. The van der Waals surface area contributed by atoms with Gasteiger partial charge in [0.1, 0.15) is 18.2 Å². The fourth-order valence-corrected chi connectivity index (χ4v) is 5.56. The second-order valence-electron chi connectivity index (χ2n) is 9.89. The average molecular weight is 456 g/mol. The van der Waals surface area contributed by atoms with E-state index in [-0.39, 0.29) is 5.92 Å². The Hall–Kier alpha value is -3.38. The fraction of sp³-hybridized carbons (Fsp3) is 0.357. The van der Waals surface area contributed by atoms with Crippen molar-refractivity contribution in [1.82, 2.24) is 10.3 Å². The number of carboxylic acid groups (broad SMARTS) is 1. The molecule has 1 aromatic heterocycles. The predicted molar refractivity (Wildman–Crippen MR) is 131 cm³/mol. The Morgan fingerprint density at radius 3 is 2.94 bits per heavy atom. The van der Waals surface area contributed by atoms with Gasteiger partial charge in [0.05, 0.1) is 11.1 Å². The third kappa shape index (κ3) is 3.62. The van der Waals surface area contributed by atoms with E-state index >= 15 is 0 Å². The van der Waals surface area contributed by atoms with E-state index < -0.39 is 11.4 Å². The number of anilines is 1. The lowest BCUT2D eigenvalue weighted by molar-refractivity contribution is -0.143. The maximum atomic E-state index is 11.7. The molecule has 6 rings (SSSR count). The minimum absolute atomic E-state index is 0.237. The van der Waals surface area contributed by atoms with Gasteiger partial charge in [-0.1, -0.05) is 36.4 Å². The van der Waals surface area contributed by atoms with Crippen LogP contribution in [0.2, 0.25) is 0 Å². The van der Waals surface area contributed by atoms with Gasteiger partial charge in [-0.25, -0.2) is 4.98 Å². The quantitative estimate of drug-likeness (QED) is 0.581. The molecule has 0 radical (unpaired) electrons. The van der Waals surface area contributed by atoms with E-state index in [1.54, 1.807) is 0 Å². The Kier molecular flexibility index (Phi) is 5.06. The lowest BCUT2D eigenvalue weighted by Crippen LogP contribution is -2.29. The molecular formula is C28H29N3O3. The zero-order valence-corrected chi connectivity index (χ0v) is 19.4. The number of hydrogen-bond acceptors (Lipinski definition) is 5. The maximum absolute atomic E-state index is 11.7. The summed E-state index contributed by atoms with van der Waals surface area (Å²) in [5.41, 5.74) is 6.25. The number of pyridine rings is 1. The summed E-state index contributed by atoms with van der Waals surface area (Å²) < 4.78 is 6.39. The number of benzene rings is 2. The molecule has 2 fully saturated rings. The lowest BCUT2D eigenvalue weighted by atomic mass is 9.99. The molecule has 6 heteroatoms. The van der Waals surface area contributed by atoms with Crippen molar-refractivity contribution in [3.05, 3.63) is 76.9 Å². The van der Waals surface area contributed by atoms with Gasteiger partial charge in [0.2, 0.25) is 0 Å². The van der Waals surface area contributed by atoms with Crippen molar-refractivity contribution in [3.63, 3.8) is 0 Å². The van der Waals surface area contributed by atoms with Crippen LogP contribution in [0.25, 0.3) is 11.3 Å². The van der Waals surface area contributed by atoms with Gasteiger partial charge in [-0.05, 0) is 72.7 Å². The van der Waals surface area contributed by atoms with Crippen LogP contribution in [0.3, 0.4) is 0 Å². The number of carboxylic acids is 1. The van der Waals surface area contributed by atoms with Crippen LogP contribution in [0.5, 0.6) is 5.75 Å². The zero-order valence-electron chi connectivity index (χ0n) is 19.4. The first kappa shape index (κ1) is 21.2. The Labute approximate surface area is 199 Å². The van der Waals surface area contributed by atoms with Crippen LogP contribution in [-0.4, -0.2) is 35.7 Å². The van der Waals surface area contributed by atoms with Gasteiger partial charge < -0.3 is 20.1 Å². The maximum Gasteiger partial charge on any atom is 0.311 e. The summed E-state index contributed by atoms with van der Waals surface area (Å²) >= 11 is 0. The van der Waals surface area contributed by atoms with Crippen molar-refractivity contribution in [2.24, 2.45) is 11.3 Å². The van der Waals surface area contributed by atoms with E-state index in [1.807, 2.05) is 30.3 Å². The molecule has 6 nitrogen and oxygen atoms in total. The third-order valence-corrected chi connectivity index (χ3v) is 7.66. The summed E-state index contributed by atoms with van der Waals surface area (Å²) in [5, 5.41) is 13.0. The molecule has 2 aromatic carbocycles. The number of hydrogen-bond donors (Lipinski definition) is 2. The Morgan fingerprint density at radius 2 is 2.09 bits per heavy atom. The molecule has 174 valence electrons. The van der Waals surface area contributed by atoms with E-state index in [1.165, 1.54) is 16.7 Å². The number of aromatic nitrogens is 1. The summed E-state index contributed by atoms with van der Waals surface area (Å²) in [5.74, 6) is 1.24. The molecule has 3 aromatic rings. The van der Waals surface area contributed by atoms with Gasteiger partial charge in [-0.2, -0.15) is 0 Å². The monoisotopic (exact) mass is 455 g/mol. The largest absolute Gasteiger partial charge is 0.488 e. The van der Waals surface area contributed by atoms with Crippen LogP contribution in [0.15, 0.2) is 54.6 Å². The molecule has 2 N–H and O–H groups in total. The highest BCUT2D eigenvalue weighted by Gasteiger charge is 2.65. The molecule has 3 heterocycles. The summed E-state index contributed by atoms with van der Waals surface area (Å²) in [4.78, 5) is 18.8.